The average Bonchev–Trinajstić information content (AvgIpc) is 2.44. The first kappa shape index (κ1) is 15.3. The SMILES string of the molecule is CCNc1nc(Oc2cccc([N+](=O)[O-])c2)c(Cl)cc1Cl. The number of nitrogens with one attached hydrogen (secondary N) is 1. The molecule has 0 aliphatic rings. The number of hydrogen-bond donors (Lipinski definition) is 1. The lowest BCUT2D eigenvalue weighted by Gasteiger charge is -2.10. The summed E-state index contributed by atoms with van der Waals surface area (Å²) in [6.07, 6.45) is 0. The van der Waals surface area contributed by atoms with Crippen LogP contribution in [0.4, 0.5) is 11.5 Å². The first-order valence-electron chi connectivity index (χ1n) is 6.03. The fraction of sp³-hybridized carbons (Fsp3) is 0.154. The minimum Gasteiger partial charge on any atom is -0.437 e. The minimum absolute atomic E-state index is 0.0792. The number of aromatic nitrogens is 1. The number of nitro benzene ring substituents is 1. The van der Waals surface area contributed by atoms with Crippen molar-refractivity contribution in [3.05, 3.63) is 50.5 Å². The number of pyridine rings is 1. The van der Waals surface area contributed by atoms with Crippen molar-refractivity contribution in [3.8, 4) is 11.6 Å². The molecule has 0 unspecified atom stereocenters. The molecule has 2 rings (SSSR count). The van der Waals surface area contributed by atoms with Crippen LogP contribution in [0.15, 0.2) is 30.3 Å². The molecule has 0 saturated heterocycles. The van der Waals surface area contributed by atoms with Crippen LogP contribution >= 0.6 is 23.2 Å². The number of non-ortho nitro benzene ring substituents is 1. The summed E-state index contributed by atoms with van der Waals surface area (Å²) < 4.78 is 5.50. The summed E-state index contributed by atoms with van der Waals surface area (Å²) in [5.74, 6) is 0.824. The first-order valence-corrected chi connectivity index (χ1v) is 6.79. The third-order valence-electron chi connectivity index (χ3n) is 2.48. The summed E-state index contributed by atoms with van der Waals surface area (Å²) in [7, 11) is 0. The normalized spacial score (nSPS) is 10.2. The predicted molar refractivity (Wildman–Crippen MR) is 81.6 cm³/mol. The van der Waals surface area contributed by atoms with Crippen LogP contribution in [0.3, 0.4) is 0 Å². The maximum atomic E-state index is 10.7. The molecule has 0 amide bonds. The van der Waals surface area contributed by atoms with Crippen molar-refractivity contribution in [2.24, 2.45) is 0 Å². The standard InChI is InChI=1S/C13H11Cl2N3O3/c1-2-16-12-10(14)7-11(15)13(17-12)21-9-5-3-4-8(6-9)18(19)20/h3-7H,2H2,1H3,(H,16,17). The highest BCUT2D eigenvalue weighted by Crippen LogP contribution is 2.34. The molecule has 0 fully saturated rings. The van der Waals surface area contributed by atoms with Crippen molar-refractivity contribution >= 4 is 34.7 Å². The Kier molecular flexibility index (Phi) is 4.82. The van der Waals surface area contributed by atoms with E-state index in [4.69, 9.17) is 27.9 Å². The van der Waals surface area contributed by atoms with Crippen molar-refractivity contribution < 1.29 is 9.66 Å². The zero-order chi connectivity index (χ0) is 15.4. The van der Waals surface area contributed by atoms with E-state index in [0.717, 1.165) is 0 Å². The molecule has 0 spiro atoms. The van der Waals surface area contributed by atoms with Gasteiger partial charge >= 0.3 is 0 Å². The summed E-state index contributed by atoms with van der Waals surface area (Å²) >= 11 is 12.0. The third-order valence-corrected chi connectivity index (χ3v) is 3.04. The largest absolute Gasteiger partial charge is 0.437 e. The van der Waals surface area contributed by atoms with E-state index in [2.05, 4.69) is 10.3 Å². The zero-order valence-electron chi connectivity index (χ0n) is 11.0. The molecule has 0 bridgehead atoms. The van der Waals surface area contributed by atoms with Crippen molar-refractivity contribution in [1.82, 2.24) is 4.98 Å². The van der Waals surface area contributed by atoms with Gasteiger partial charge in [0, 0.05) is 12.6 Å². The molecule has 0 aliphatic heterocycles. The van der Waals surface area contributed by atoms with E-state index in [1.807, 2.05) is 6.92 Å². The van der Waals surface area contributed by atoms with E-state index in [9.17, 15) is 10.1 Å². The topological polar surface area (TPSA) is 77.3 Å². The lowest BCUT2D eigenvalue weighted by molar-refractivity contribution is -0.384. The smallest absolute Gasteiger partial charge is 0.273 e. The summed E-state index contributed by atoms with van der Waals surface area (Å²) in [6, 6.07) is 7.25. The molecule has 6 nitrogen and oxygen atoms in total. The number of ether oxygens (including phenoxy) is 1. The van der Waals surface area contributed by atoms with Gasteiger partial charge in [-0.1, -0.05) is 29.3 Å². The first-order chi connectivity index (χ1) is 10.0. The third kappa shape index (κ3) is 3.74. The maximum absolute atomic E-state index is 10.7. The number of rotatable bonds is 5. The van der Waals surface area contributed by atoms with E-state index >= 15 is 0 Å². The van der Waals surface area contributed by atoms with E-state index in [1.165, 1.54) is 24.3 Å². The monoisotopic (exact) mass is 327 g/mol. The molecule has 0 saturated carbocycles. The lowest BCUT2D eigenvalue weighted by atomic mass is 10.3. The number of benzene rings is 1. The van der Waals surface area contributed by atoms with Crippen LogP contribution < -0.4 is 10.1 Å². The Bertz CT molecular complexity index is 680. The van der Waals surface area contributed by atoms with Gasteiger partial charge in [-0.2, -0.15) is 4.98 Å². The highest BCUT2D eigenvalue weighted by atomic mass is 35.5. The zero-order valence-corrected chi connectivity index (χ0v) is 12.5. The van der Waals surface area contributed by atoms with Crippen molar-refractivity contribution in [3.63, 3.8) is 0 Å². The molecule has 2 aromatic rings. The van der Waals surface area contributed by atoms with Crippen molar-refractivity contribution in [1.29, 1.82) is 0 Å². The van der Waals surface area contributed by atoms with E-state index in [-0.39, 0.29) is 22.3 Å². The van der Waals surface area contributed by atoms with Crippen molar-refractivity contribution in [2.75, 3.05) is 11.9 Å². The summed E-state index contributed by atoms with van der Waals surface area (Å²) in [5.41, 5.74) is -0.0792. The molecule has 0 atom stereocenters. The molecule has 1 aromatic carbocycles. The molecule has 0 aliphatic carbocycles. The molecular formula is C13H11Cl2N3O3. The Labute approximate surface area is 130 Å². The van der Waals surface area contributed by atoms with Crippen LogP contribution in [0.1, 0.15) is 6.92 Å². The molecule has 8 heteroatoms. The van der Waals surface area contributed by atoms with Gasteiger partial charge in [0.25, 0.3) is 5.69 Å². The second kappa shape index (κ2) is 6.60. The number of anilines is 1. The van der Waals surface area contributed by atoms with Gasteiger partial charge in [0.05, 0.1) is 16.0 Å². The molecular weight excluding hydrogens is 317 g/mol. The van der Waals surface area contributed by atoms with Crippen molar-refractivity contribution in [2.45, 2.75) is 6.92 Å². The highest BCUT2D eigenvalue weighted by molar-refractivity contribution is 6.36. The van der Waals surface area contributed by atoms with Crippen LogP contribution in [0, 0.1) is 10.1 Å². The Hall–Kier alpha value is -2.05. The fourth-order valence-electron chi connectivity index (χ4n) is 1.58. The van der Waals surface area contributed by atoms with Gasteiger partial charge in [-0.05, 0) is 19.1 Å². The van der Waals surface area contributed by atoms with Crippen LogP contribution in [-0.4, -0.2) is 16.5 Å². The highest BCUT2D eigenvalue weighted by Gasteiger charge is 2.13. The second-order valence-electron chi connectivity index (χ2n) is 3.99. The van der Waals surface area contributed by atoms with Gasteiger partial charge in [-0.25, -0.2) is 0 Å². The molecule has 1 N–H and O–H groups in total. The Balaban J connectivity index is 2.32. The molecule has 0 radical (unpaired) electrons. The van der Waals surface area contributed by atoms with E-state index < -0.39 is 4.92 Å². The van der Waals surface area contributed by atoms with Crippen LogP contribution in [0.5, 0.6) is 11.6 Å². The Morgan fingerprint density at radius 2 is 2.10 bits per heavy atom. The number of halogens is 2. The number of nitrogens with zero attached hydrogens (tertiary/aromatic N) is 2. The number of hydrogen-bond acceptors (Lipinski definition) is 5. The van der Waals surface area contributed by atoms with Gasteiger partial charge < -0.3 is 10.1 Å². The van der Waals surface area contributed by atoms with E-state index in [1.54, 1.807) is 6.07 Å². The second-order valence-corrected chi connectivity index (χ2v) is 4.81. The molecule has 1 heterocycles. The number of nitro groups is 1. The van der Waals surface area contributed by atoms with Gasteiger partial charge in [-0.3, -0.25) is 10.1 Å². The van der Waals surface area contributed by atoms with Crippen LogP contribution in [-0.2, 0) is 0 Å². The predicted octanol–water partition coefficient (Wildman–Crippen LogP) is 4.52. The maximum Gasteiger partial charge on any atom is 0.273 e. The van der Waals surface area contributed by atoms with Crippen LogP contribution in [0.2, 0.25) is 10.0 Å². The van der Waals surface area contributed by atoms with Gasteiger partial charge in [0.15, 0.2) is 0 Å². The average molecular weight is 328 g/mol. The van der Waals surface area contributed by atoms with Crippen LogP contribution in [0.25, 0.3) is 0 Å². The molecule has 1 aromatic heterocycles. The molecule has 21 heavy (non-hydrogen) atoms. The summed E-state index contributed by atoms with van der Waals surface area (Å²) in [5, 5.41) is 14.3. The van der Waals surface area contributed by atoms with Gasteiger partial charge in [0.1, 0.15) is 16.6 Å². The van der Waals surface area contributed by atoms with Gasteiger partial charge in [-0.15, -0.1) is 0 Å². The Morgan fingerprint density at radius 1 is 1.33 bits per heavy atom. The van der Waals surface area contributed by atoms with E-state index in [0.29, 0.717) is 17.4 Å². The Morgan fingerprint density at radius 3 is 2.76 bits per heavy atom. The lowest BCUT2D eigenvalue weighted by Crippen LogP contribution is -2.01. The van der Waals surface area contributed by atoms with Gasteiger partial charge in [0.2, 0.25) is 5.88 Å². The summed E-state index contributed by atoms with van der Waals surface area (Å²) in [4.78, 5) is 14.4. The molecule has 110 valence electrons. The fourth-order valence-corrected chi connectivity index (χ4v) is 2.05. The minimum atomic E-state index is -0.506. The quantitative estimate of drug-likeness (QED) is 0.645. The summed E-state index contributed by atoms with van der Waals surface area (Å²) in [6.45, 7) is 2.53.